The van der Waals surface area contributed by atoms with Gasteiger partial charge in [-0.2, -0.15) is 4.98 Å². The Kier molecular flexibility index (Phi) is 4.87. The summed E-state index contributed by atoms with van der Waals surface area (Å²) in [4.78, 5) is 26.7. The summed E-state index contributed by atoms with van der Waals surface area (Å²) in [6, 6.07) is 8.29. The van der Waals surface area contributed by atoms with Crippen molar-refractivity contribution in [2.45, 2.75) is 18.8 Å². The molecule has 0 unspecified atom stereocenters. The Morgan fingerprint density at radius 1 is 1.10 bits per heavy atom. The third kappa shape index (κ3) is 3.64. The molecule has 31 heavy (non-hydrogen) atoms. The smallest absolute Gasteiger partial charge is 0.256 e. The van der Waals surface area contributed by atoms with E-state index in [2.05, 4.69) is 50.2 Å². The van der Waals surface area contributed by atoms with Crippen molar-refractivity contribution in [2.75, 3.05) is 43.4 Å². The van der Waals surface area contributed by atoms with Crippen LogP contribution in [0.2, 0.25) is 0 Å². The Balaban J connectivity index is 1.42. The second kappa shape index (κ2) is 7.71. The number of anilines is 3. The number of nitrogens with one attached hydrogen (secondary N) is 1. The van der Waals surface area contributed by atoms with Crippen LogP contribution in [0.4, 0.5) is 17.3 Å². The van der Waals surface area contributed by atoms with Crippen molar-refractivity contribution in [1.82, 2.24) is 19.4 Å². The van der Waals surface area contributed by atoms with Crippen LogP contribution in [0.25, 0.3) is 11.0 Å². The van der Waals surface area contributed by atoms with E-state index in [1.165, 1.54) is 5.69 Å². The van der Waals surface area contributed by atoms with Gasteiger partial charge in [-0.25, -0.2) is 4.98 Å². The molecule has 2 aromatic heterocycles. The van der Waals surface area contributed by atoms with Crippen molar-refractivity contribution < 1.29 is 0 Å². The van der Waals surface area contributed by atoms with Gasteiger partial charge in [0, 0.05) is 61.9 Å². The Bertz CT molecular complexity index is 1230. The number of hydrogen-bond acceptors (Lipinski definition) is 6. The Morgan fingerprint density at radius 2 is 1.81 bits per heavy atom. The molecule has 1 saturated carbocycles. The summed E-state index contributed by atoms with van der Waals surface area (Å²) in [5, 5.41) is 4.00. The van der Waals surface area contributed by atoms with Gasteiger partial charge >= 0.3 is 0 Å². The second-order valence-corrected chi connectivity index (χ2v) is 8.46. The molecule has 1 saturated heterocycles. The third-order valence-corrected chi connectivity index (χ3v) is 6.28. The number of piperazine rings is 1. The molecule has 5 rings (SSSR count). The summed E-state index contributed by atoms with van der Waals surface area (Å²) in [6.45, 7) is 4.22. The summed E-state index contributed by atoms with van der Waals surface area (Å²) in [6.07, 6.45) is 9.52. The number of aromatic nitrogens is 3. The maximum absolute atomic E-state index is 12.9. The average Bonchev–Trinajstić information content (AvgIpc) is 3.62. The second-order valence-electron chi connectivity index (χ2n) is 8.46. The quantitative estimate of drug-likeness (QED) is 0.662. The van der Waals surface area contributed by atoms with E-state index in [1.807, 2.05) is 12.1 Å². The molecule has 7 nitrogen and oxygen atoms in total. The van der Waals surface area contributed by atoms with Gasteiger partial charge < -0.3 is 15.1 Å². The highest BCUT2D eigenvalue weighted by atomic mass is 16.1. The van der Waals surface area contributed by atoms with Gasteiger partial charge in [0.05, 0.1) is 5.39 Å². The van der Waals surface area contributed by atoms with Crippen LogP contribution in [0.5, 0.6) is 0 Å². The van der Waals surface area contributed by atoms with Gasteiger partial charge in [0.25, 0.3) is 5.56 Å². The van der Waals surface area contributed by atoms with Crippen LogP contribution in [0.1, 0.15) is 29.9 Å². The molecule has 0 spiro atoms. The van der Waals surface area contributed by atoms with Gasteiger partial charge in [-0.15, -0.1) is 6.42 Å². The highest BCUT2D eigenvalue weighted by molar-refractivity contribution is 5.84. The molecule has 3 aromatic rings. The monoisotopic (exact) mass is 414 g/mol. The molecular formula is C24H26N6O. The lowest BCUT2D eigenvalue weighted by atomic mass is 10.0. The molecule has 0 atom stereocenters. The van der Waals surface area contributed by atoms with Crippen LogP contribution in [0, 0.1) is 12.3 Å². The van der Waals surface area contributed by atoms with Gasteiger partial charge in [0.2, 0.25) is 5.95 Å². The molecule has 1 aliphatic carbocycles. The predicted molar refractivity (Wildman–Crippen MR) is 124 cm³/mol. The fraction of sp³-hybridized carbons (Fsp3) is 0.375. The number of pyridine rings is 1. The fourth-order valence-corrected chi connectivity index (χ4v) is 4.25. The number of hydrogen-bond donors (Lipinski definition) is 1. The molecule has 7 heteroatoms. The molecule has 2 aliphatic rings. The molecule has 0 bridgehead atoms. The lowest BCUT2D eigenvalue weighted by Crippen LogP contribution is -2.44. The third-order valence-electron chi connectivity index (χ3n) is 6.28. The number of fused-ring (bicyclic) bond motifs is 1. The van der Waals surface area contributed by atoms with E-state index in [0.29, 0.717) is 17.2 Å². The van der Waals surface area contributed by atoms with Crippen LogP contribution in [-0.2, 0) is 7.05 Å². The van der Waals surface area contributed by atoms with Crippen molar-refractivity contribution in [1.29, 1.82) is 0 Å². The maximum atomic E-state index is 12.9. The number of nitrogens with zero attached hydrogens (tertiary/aromatic N) is 5. The van der Waals surface area contributed by atoms with Crippen LogP contribution < -0.4 is 15.8 Å². The van der Waals surface area contributed by atoms with Gasteiger partial charge in [0.1, 0.15) is 5.65 Å². The zero-order valence-electron chi connectivity index (χ0n) is 17.9. The first kappa shape index (κ1) is 19.6. The Hall–Kier alpha value is -3.37. The van der Waals surface area contributed by atoms with E-state index in [9.17, 15) is 4.79 Å². The fourth-order valence-electron chi connectivity index (χ4n) is 4.25. The standard InChI is InChI=1S/C24H26N6O/c1-4-19-20-15-25-24(27-22(20)29(3)23(31)21(19)16-5-6-16)26-17-7-9-18(10-8-17)30-13-11-28(2)12-14-30/h1,7-10,15-16H,5-6,11-14H2,2-3H3,(H,25,26,27). The molecule has 1 aromatic carbocycles. The molecule has 0 amide bonds. The molecule has 2 fully saturated rings. The van der Waals surface area contributed by atoms with Gasteiger partial charge in [-0.3, -0.25) is 9.36 Å². The van der Waals surface area contributed by atoms with Crippen molar-refractivity contribution >= 4 is 28.4 Å². The van der Waals surface area contributed by atoms with Crippen LogP contribution in [-0.4, -0.2) is 52.7 Å². The van der Waals surface area contributed by atoms with E-state index in [0.717, 1.165) is 55.7 Å². The zero-order chi connectivity index (χ0) is 21.5. The largest absolute Gasteiger partial charge is 0.369 e. The lowest BCUT2D eigenvalue weighted by molar-refractivity contribution is 0.313. The van der Waals surface area contributed by atoms with Gasteiger partial charge in [-0.05, 0) is 50.1 Å². The number of terminal acetylenes is 1. The normalized spacial score (nSPS) is 17.0. The van der Waals surface area contributed by atoms with Gasteiger partial charge in [-0.1, -0.05) is 5.92 Å². The molecule has 3 heterocycles. The maximum Gasteiger partial charge on any atom is 0.256 e. The number of likely N-dealkylation sites (N-methyl/N-ethyl adjacent to an activating group) is 1. The number of benzene rings is 1. The summed E-state index contributed by atoms with van der Waals surface area (Å²) in [5.41, 5.74) is 3.99. The summed E-state index contributed by atoms with van der Waals surface area (Å²) in [5.74, 6) is 3.43. The van der Waals surface area contributed by atoms with E-state index in [1.54, 1.807) is 17.8 Å². The SMILES string of the molecule is C#Cc1c(C2CC2)c(=O)n(C)c2nc(Nc3ccc(N4CCN(C)CC4)cc3)ncc12. The molecule has 0 radical (unpaired) electrons. The summed E-state index contributed by atoms with van der Waals surface area (Å²) >= 11 is 0. The minimum Gasteiger partial charge on any atom is -0.369 e. The van der Waals surface area contributed by atoms with E-state index in [4.69, 9.17) is 6.42 Å². The van der Waals surface area contributed by atoms with Crippen molar-refractivity contribution in [3.63, 3.8) is 0 Å². The van der Waals surface area contributed by atoms with Crippen molar-refractivity contribution in [3.8, 4) is 12.3 Å². The first-order chi connectivity index (χ1) is 15.0. The average molecular weight is 415 g/mol. The lowest BCUT2D eigenvalue weighted by Gasteiger charge is -2.34. The van der Waals surface area contributed by atoms with E-state index >= 15 is 0 Å². The van der Waals surface area contributed by atoms with E-state index < -0.39 is 0 Å². The number of aryl methyl sites for hydroxylation is 1. The van der Waals surface area contributed by atoms with Crippen LogP contribution >= 0.6 is 0 Å². The molecule has 158 valence electrons. The topological polar surface area (TPSA) is 66.3 Å². The first-order valence-electron chi connectivity index (χ1n) is 10.7. The minimum absolute atomic E-state index is 0.0517. The van der Waals surface area contributed by atoms with E-state index in [-0.39, 0.29) is 11.5 Å². The van der Waals surface area contributed by atoms with Gasteiger partial charge in [0.15, 0.2) is 0 Å². The minimum atomic E-state index is -0.0517. The Labute approximate surface area is 181 Å². The first-order valence-corrected chi connectivity index (χ1v) is 10.7. The van der Waals surface area contributed by atoms with Crippen LogP contribution in [0.15, 0.2) is 35.3 Å². The Morgan fingerprint density at radius 3 is 2.45 bits per heavy atom. The van der Waals surface area contributed by atoms with Crippen molar-refractivity contribution in [3.05, 3.63) is 51.9 Å². The highest BCUT2D eigenvalue weighted by Gasteiger charge is 2.31. The number of rotatable bonds is 4. The summed E-state index contributed by atoms with van der Waals surface area (Å²) in [7, 11) is 3.90. The molecule has 1 N–H and O–H groups in total. The predicted octanol–water partition coefficient (Wildman–Crippen LogP) is 2.68. The molecule has 1 aliphatic heterocycles. The highest BCUT2D eigenvalue weighted by Crippen LogP contribution is 2.41. The summed E-state index contributed by atoms with van der Waals surface area (Å²) < 4.78 is 1.59. The zero-order valence-corrected chi connectivity index (χ0v) is 17.9. The molecular weight excluding hydrogens is 388 g/mol. The van der Waals surface area contributed by atoms with Crippen LogP contribution in [0.3, 0.4) is 0 Å². The van der Waals surface area contributed by atoms with Crippen molar-refractivity contribution in [2.24, 2.45) is 7.05 Å².